The Bertz CT molecular complexity index is 2330. The predicted octanol–water partition coefficient (Wildman–Crippen LogP) is -2.66. The van der Waals surface area contributed by atoms with E-state index in [2.05, 4.69) is 40.7 Å². The van der Waals surface area contributed by atoms with Gasteiger partial charge < -0.3 is 119 Å². The van der Waals surface area contributed by atoms with Crippen LogP contribution < -0.4 is 0 Å². The second-order valence-electron chi connectivity index (χ2n) is 28.3. The number of allylic oxidation sites excluding steroid dienone is 2. The van der Waals surface area contributed by atoms with Crippen molar-refractivity contribution in [3.8, 4) is 0 Å². The van der Waals surface area contributed by atoms with Crippen LogP contribution in [0.2, 0.25) is 0 Å². The number of hydrogen-bond acceptors (Lipinski definition) is 25. The summed E-state index contributed by atoms with van der Waals surface area (Å²) in [7, 11) is 0. The molecule has 83 heavy (non-hydrogen) atoms. The summed E-state index contributed by atoms with van der Waals surface area (Å²) in [5.74, 6) is -1.97. The lowest BCUT2D eigenvalue weighted by Crippen LogP contribution is -2.69. The molecule has 25 heteroatoms. The van der Waals surface area contributed by atoms with E-state index in [1.807, 2.05) is 6.92 Å². The molecular weight excluding hydrogens is 1100 g/mol. The summed E-state index contributed by atoms with van der Waals surface area (Å²) in [6, 6.07) is 0. The Labute approximate surface area is 483 Å². The Morgan fingerprint density at radius 2 is 1.31 bits per heavy atom. The molecule has 4 saturated heterocycles. The monoisotopic (exact) mass is 1190 g/mol. The highest BCUT2D eigenvalue weighted by molar-refractivity contribution is 5.80. The van der Waals surface area contributed by atoms with Crippen LogP contribution in [0, 0.1) is 56.2 Å². The fourth-order valence-electron chi connectivity index (χ4n) is 17.7. The maximum atomic E-state index is 15.4. The molecule has 15 N–H and O–H groups in total. The van der Waals surface area contributed by atoms with Gasteiger partial charge in [-0.2, -0.15) is 0 Å². The summed E-state index contributed by atoms with van der Waals surface area (Å²) in [5, 5.41) is 165. The molecule has 10 rings (SSSR count). The lowest BCUT2D eigenvalue weighted by atomic mass is 9.33. The van der Waals surface area contributed by atoms with Crippen LogP contribution in [0.4, 0.5) is 0 Å². The van der Waals surface area contributed by atoms with Gasteiger partial charge in [-0.25, -0.2) is 0 Å². The van der Waals surface area contributed by atoms with Gasteiger partial charge in [0.2, 0.25) is 6.29 Å². The molecule has 4 heterocycles. The van der Waals surface area contributed by atoms with Crippen molar-refractivity contribution in [2.75, 3.05) is 39.6 Å². The van der Waals surface area contributed by atoms with Crippen LogP contribution in [-0.4, -0.2) is 257 Å². The molecule has 0 aromatic rings. The molecule has 0 radical (unpaired) electrons. The number of carbonyl (C=O) groups excluding carboxylic acids is 1. The standard InChI is InChI=1S/C58H94O25/c1-25-43(80-47-42(71)44(30(63)21-75-47)81-50-46(72)57(74,23-61)24-77-50)40(69)41(70)48(78-25)82-45-37(66)29(62)20-76-49(45)83-51(73)58-15-14-52(2,3)17-28(58)27-8-9-33-53(4)12-11-35(79-31-16-26(19-59)36(65)39(68)38(31)67)54(5,22-60)32(53)10-13-55(33,6)56(27,7)18-34(58)64/h8,25-26,28-50,59-72,74H,9-24H2,1-7H3/t25-,26+,28?,29+,30+,31-,32+,33+,34+,35+,36+,37+,38-,39+,40-,41+,42+,43+,44+,45+,46+,47+,48+,49+,50-,53-,54+,55+,56+,57-,58+/m0/s1. The minimum Gasteiger partial charge on any atom is -0.432 e. The Kier molecular flexibility index (Phi) is 18.0. The minimum absolute atomic E-state index is 0.0398. The van der Waals surface area contributed by atoms with E-state index < -0.39 is 200 Å². The van der Waals surface area contributed by atoms with Crippen molar-refractivity contribution in [2.45, 2.75) is 247 Å². The van der Waals surface area contributed by atoms with Crippen LogP contribution in [0.3, 0.4) is 0 Å². The number of carbonyl (C=O) groups is 1. The maximum Gasteiger partial charge on any atom is 0.317 e. The fourth-order valence-corrected chi connectivity index (χ4v) is 17.7. The summed E-state index contributed by atoms with van der Waals surface area (Å²) in [5.41, 5.74) is -4.91. The van der Waals surface area contributed by atoms with Crippen molar-refractivity contribution in [3.63, 3.8) is 0 Å². The van der Waals surface area contributed by atoms with E-state index in [9.17, 15) is 76.6 Å². The Morgan fingerprint density at radius 1 is 0.639 bits per heavy atom. The molecule has 476 valence electrons. The molecule has 1 unspecified atom stereocenters. The topological polar surface area (TPSA) is 404 Å². The van der Waals surface area contributed by atoms with E-state index >= 15 is 4.79 Å². The smallest absolute Gasteiger partial charge is 0.317 e. The van der Waals surface area contributed by atoms with Crippen molar-refractivity contribution >= 4 is 5.97 Å². The molecule has 0 spiro atoms. The third-order valence-electron chi connectivity index (χ3n) is 23.1. The molecule has 0 bridgehead atoms. The number of hydrogen-bond donors (Lipinski definition) is 15. The first-order valence-electron chi connectivity index (χ1n) is 30.0. The summed E-state index contributed by atoms with van der Waals surface area (Å²) in [6.45, 7) is 11.6. The first-order valence-corrected chi connectivity index (χ1v) is 30.0. The predicted molar refractivity (Wildman–Crippen MR) is 282 cm³/mol. The molecule has 0 aromatic carbocycles. The van der Waals surface area contributed by atoms with E-state index in [0.29, 0.717) is 32.1 Å². The van der Waals surface area contributed by atoms with Gasteiger partial charge in [0.25, 0.3) is 0 Å². The SMILES string of the molecule is C[C@@H]1O[C@H](O[C@H]2[C@@H](OC(=O)[C@]34CCC(C)(C)CC3C3=CC[C@@H]5[C@@]6(C)CC[C@@H](O[C@H]7C[C@H](CO)[C@@H](O)[C@@H](O)[C@H]7O)[C@](C)(CO)[C@@H]6CC[C@@]5(C)[C@]3(C)C[C@H]4O)OC[C@@H](O)[C@H]2O)[C@H](O)[C@H](O)[C@@H]1O[C@H]1OC[C@@H](O)[C@@H](O[C@@H]2OC[C@@](O)(CO)[C@@H]2O)[C@H]1O. The number of aliphatic hydroxyl groups is 15. The van der Waals surface area contributed by atoms with Crippen molar-refractivity contribution < 1.29 is 124 Å². The molecule has 6 aliphatic carbocycles. The third-order valence-corrected chi connectivity index (χ3v) is 23.1. The van der Waals surface area contributed by atoms with Gasteiger partial charge in [-0.3, -0.25) is 4.79 Å². The van der Waals surface area contributed by atoms with Crippen LogP contribution in [-0.2, 0) is 47.4 Å². The number of fused-ring (bicyclic) bond motifs is 7. The minimum atomic E-state index is -2.06. The summed E-state index contributed by atoms with van der Waals surface area (Å²) >= 11 is 0. The number of rotatable bonds is 13. The average Bonchev–Trinajstić information content (AvgIpc) is 1.03. The molecule has 31 atom stereocenters. The first kappa shape index (κ1) is 64.3. The highest BCUT2D eigenvalue weighted by Gasteiger charge is 2.72. The zero-order valence-corrected chi connectivity index (χ0v) is 48.6. The van der Waals surface area contributed by atoms with E-state index in [0.717, 1.165) is 18.4 Å². The normalized spacial score (nSPS) is 55.3. The van der Waals surface area contributed by atoms with Crippen LogP contribution in [0.15, 0.2) is 11.6 Å². The maximum absolute atomic E-state index is 15.4. The van der Waals surface area contributed by atoms with E-state index in [-0.39, 0.29) is 55.1 Å². The van der Waals surface area contributed by atoms with Crippen LogP contribution >= 0.6 is 0 Å². The second kappa shape index (κ2) is 23.3. The Hall–Kier alpha value is -1.71. The molecule has 4 aliphatic heterocycles. The van der Waals surface area contributed by atoms with Gasteiger partial charge in [-0.05, 0) is 111 Å². The highest BCUT2D eigenvalue weighted by Crippen LogP contribution is 2.76. The van der Waals surface area contributed by atoms with E-state index in [1.165, 1.54) is 6.92 Å². The van der Waals surface area contributed by atoms with E-state index in [1.54, 1.807) is 0 Å². The number of aliphatic hydroxyl groups excluding tert-OH is 14. The van der Waals surface area contributed by atoms with Gasteiger partial charge >= 0.3 is 5.97 Å². The first-order chi connectivity index (χ1) is 38.9. The fraction of sp³-hybridized carbons (Fsp3) is 0.948. The van der Waals surface area contributed by atoms with Gasteiger partial charge in [0, 0.05) is 17.9 Å². The molecule has 0 aromatic heterocycles. The molecule has 10 aliphatic rings. The Balaban J connectivity index is 0.850. The van der Waals surface area contributed by atoms with Crippen molar-refractivity contribution in [1.29, 1.82) is 0 Å². The lowest BCUT2D eigenvalue weighted by Gasteiger charge is -2.72. The van der Waals surface area contributed by atoms with Gasteiger partial charge in [-0.15, -0.1) is 0 Å². The molecular formula is C58H94O25. The second-order valence-corrected chi connectivity index (χ2v) is 28.3. The third kappa shape index (κ3) is 10.4. The van der Waals surface area contributed by atoms with Crippen LogP contribution in [0.5, 0.6) is 0 Å². The summed E-state index contributed by atoms with van der Waals surface area (Å²) < 4.78 is 53.4. The molecule has 0 amide bonds. The number of ether oxygens (including phenoxy) is 9. The van der Waals surface area contributed by atoms with Gasteiger partial charge in [0.15, 0.2) is 25.0 Å². The lowest BCUT2D eigenvalue weighted by molar-refractivity contribution is -0.372. The van der Waals surface area contributed by atoms with Crippen molar-refractivity contribution in [2.24, 2.45) is 56.2 Å². The average molecular weight is 1190 g/mol. The largest absolute Gasteiger partial charge is 0.432 e. The van der Waals surface area contributed by atoms with Crippen molar-refractivity contribution in [3.05, 3.63) is 11.6 Å². The molecule has 5 saturated carbocycles. The van der Waals surface area contributed by atoms with Crippen molar-refractivity contribution in [1.82, 2.24) is 0 Å². The number of esters is 1. The highest BCUT2D eigenvalue weighted by atomic mass is 16.8. The van der Waals surface area contributed by atoms with E-state index in [4.69, 9.17) is 42.6 Å². The summed E-state index contributed by atoms with van der Waals surface area (Å²) in [6.07, 6.45) is -24.3. The zero-order valence-electron chi connectivity index (χ0n) is 48.6. The molecule has 9 fully saturated rings. The van der Waals surface area contributed by atoms with Gasteiger partial charge in [0.05, 0.1) is 63.6 Å². The quantitative estimate of drug-likeness (QED) is 0.0661. The van der Waals surface area contributed by atoms with Crippen LogP contribution in [0.1, 0.15) is 113 Å². The van der Waals surface area contributed by atoms with Crippen LogP contribution in [0.25, 0.3) is 0 Å². The summed E-state index contributed by atoms with van der Waals surface area (Å²) in [4.78, 5) is 15.4. The Morgan fingerprint density at radius 3 is 1.99 bits per heavy atom. The van der Waals surface area contributed by atoms with Gasteiger partial charge in [-0.1, -0.05) is 53.2 Å². The zero-order chi connectivity index (χ0) is 60.5. The molecule has 25 nitrogen and oxygen atoms in total. The van der Waals surface area contributed by atoms with Gasteiger partial charge in [0.1, 0.15) is 78.2 Å².